The molecular weight excluding hydrogens is 258 g/mol. The molecule has 0 aliphatic heterocycles. The summed E-state index contributed by atoms with van der Waals surface area (Å²) < 4.78 is 1.91. The van der Waals surface area contributed by atoms with Crippen LogP contribution in [0, 0.1) is 0 Å². The van der Waals surface area contributed by atoms with E-state index in [2.05, 4.69) is 4.98 Å². The van der Waals surface area contributed by atoms with Crippen molar-refractivity contribution in [2.45, 2.75) is 25.9 Å². The molecule has 1 aromatic carbocycles. The Morgan fingerprint density at radius 3 is 2.75 bits per heavy atom. The highest BCUT2D eigenvalue weighted by atomic mass is 16.4. The number of rotatable bonds is 5. The number of imidazole rings is 1. The molecule has 0 amide bonds. The molecule has 0 aliphatic rings. The summed E-state index contributed by atoms with van der Waals surface area (Å²) >= 11 is 0. The van der Waals surface area contributed by atoms with E-state index in [1.165, 1.54) is 0 Å². The summed E-state index contributed by atoms with van der Waals surface area (Å²) in [6.07, 6.45) is 0.0412. The van der Waals surface area contributed by atoms with Gasteiger partial charge in [0.05, 0.1) is 23.5 Å². The Hall–Kier alpha value is -2.08. The van der Waals surface area contributed by atoms with E-state index < -0.39 is 5.97 Å². The Morgan fingerprint density at radius 2 is 2.15 bits per heavy atom. The van der Waals surface area contributed by atoms with Crippen LogP contribution in [0.1, 0.15) is 25.2 Å². The summed E-state index contributed by atoms with van der Waals surface area (Å²) in [6.45, 7) is 2.38. The topological polar surface area (TPSA) is 78.6 Å². The Labute approximate surface area is 117 Å². The number of aromatic nitrogens is 2. The van der Waals surface area contributed by atoms with E-state index in [-0.39, 0.29) is 18.2 Å². The van der Waals surface area contributed by atoms with Crippen LogP contribution >= 0.6 is 0 Å². The number of phenolic OH excluding ortho intramolecular Hbond substituents is 1. The van der Waals surface area contributed by atoms with E-state index in [0.717, 1.165) is 11.3 Å². The molecular formula is C14H19N3O3. The lowest BCUT2D eigenvalue weighted by Crippen LogP contribution is -2.21. The van der Waals surface area contributed by atoms with E-state index >= 15 is 0 Å². The Kier molecular flexibility index (Phi) is 3.94. The van der Waals surface area contributed by atoms with Crippen LogP contribution in [0.4, 0.5) is 0 Å². The van der Waals surface area contributed by atoms with Crippen molar-refractivity contribution in [3.8, 4) is 5.75 Å². The second-order valence-corrected chi connectivity index (χ2v) is 5.08. The summed E-state index contributed by atoms with van der Waals surface area (Å²) in [5.41, 5.74) is 1.52. The normalized spacial score (nSPS) is 13.0. The fourth-order valence-corrected chi connectivity index (χ4v) is 2.13. The van der Waals surface area contributed by atoms with Gasteiger partial charge in [-0.05, 0) is 33.2 Å². The molecule has 2 aromatic rings. The maximum Gasteiger partial charge on any atom is 0.305 e. The van der Waals surface area contributed by atoms with Gasteiger partial charge in [-0.1, -0.05) is 0 Å². The van der Waals surface area contributed by atoms with Crippen LogP contribution in [0.5, 0.6) is 5.75 Å². The first-order chi connectivity index (χ1) is 9.40. The molecule has 2 rings (SSSR count). The number of benzene rings is 1. The van der Waals surface area contributed by atoms with Gasteiger partial charge in [0.15, 0.2) is 0 Å². The lowest BCUT2D eigenvalue weighted by Gasteiger charge is -2.20. The molecule has 6 heteroatoms. The van der Waals surface area contributed by atoms with Gasteiger partial charge in [-0.15, -0.1) is 0 Å². The van der Waals surface area contributed by atoms with E-state index in [9.17, 15) is 9.90 Å². The third kappa shape index (κ3) is 2.75. The molecule has 1 unspecified atom stereocenters. The van der Waals surface area contributed by atoms with Gasteiger partial charge in [0.2, 0.25) is 0 Å². The Bertz CT molecular complexity index is 634. The summed E-state index contributed by atoms with van der Waals surface area (Å²) in [7, 11) is 3.89. The second-order valence-electron chi connectivity index (χ2n) is 5.08. The molecule has 2 N–H and O–H groups in total. The van der Waals surface area contributed by atoms with Crippen LogP contribution < -0.4 is 0 Å². The van der Waals surface area contributed by atoms with Crippen molar-refractivity contribution < 1.29 is 15.0 Å². The monoisotopic (exact) mass is 277 g/mol. The average Bonchev–Trinajstić information content (AvgIpc) is 2.72. The number of hydrogen-bond acceptors (Lipinski definition) is 4. The fourth-order valence-electron chi connectivity index (χ4n) is 2.13. The molecule has 0 aliphatic carbocycles. The number of carboxylic acids is 1. The first-order valence-corrected chi connectivity index (χ1v) is 6.47. The molecule has 0 bridgehead atoms. The number of aliphatic carboxylic acids is 1. The van der Waals surface area contributed by atoms with Crippen LogP contribution in [0.25, 0.3) is 11.0 Å². The van der Waals surface area contributed by atoms with Crippen LogP contribution in [0.15, 0.2) is 18.2 Å². The first-order valence-electron chi connectivity index (χ1n) is 6.47. The highest BCUT2D eigenvalue weighted by Crippen LogP contribution is 2.26. The summed E-state index contributed by atoms with van der Waals surface area (Å²) in [5, 5.41) is 18.4. The van der Waals surface area contributed by atoms with Crippen molar-refractivity contribution in [1.29, 1.82) is 0 Å². The average molecular weight is 277 g/mol. The van der Waals surface area contributed by atoms with Crippen molar-refractivity contribution in [2.24, 2.45) is 0 Å². The molecule has 108 valence electrons. The number of phenols is 1. The highest BCUT2D eigenvalue weighted by molar-refractivity contribution is 5.78. The van der Waals surface area contributed by atoms with Crippen LogP contribution in [0.2, 0.25) is 0 Å². The number of hydrogen-bond donors (Lipinski definition) is 2. The van der Waals surface area contributed by atoms with Crippen LogP contribution in [0.3, 0.4) is 0 Å². The van der Waals surface area contributed by atoms with Crippen molar-refractivity contribution in [3.05, 3.63) is 24.0 Å². The van der Waals surface area contributed by atoms with Gasteiger partial charge in [-0.25, -0.2) is 4.98 Å². The quantitative estimate of drug-likeness (QED) is 0.872. The third-order valence-electron chi connectivity index (χ3n) is 3.46. The minimum Gasteiger partial charge on any atom is -0.508 e. The summed E-state index contributed by atoms with van der Waals surface area (Å²) in [4.78, 5) is 17.4. The molecule has 1 aromatic heterocycles. The molecule has 20 heavy (non-hydrogen) atoms. The zero-order chi connectivity index (χ0) is 14.9. The van der Waals surface area contributed by atoms with E-state index in [0.29, 0.717) is 12.1 Å². The Morgan fingerprint density at radius 1 is 1.45 bits per heavy atom. The molecule has 0 spiro atoms. The minimum atomic E-state index is -0.839. The number of nitrogens with zero attached hydrogens (tertiary/aromatic N) is 3. The number of aromatic hydroxyl groups is 1. The van der Waals surface area contributed by atoms with Crippen LogP contribution in [-0.4, -0.2) is 44.7 Å². The molecule has 1 heterocycles. The van der Waals surface area contributed by atoms with E-state index in [1.54, 1.807) is 18.2 Å². The second kappa shape index (κ2) is 5.50. The van der Waals surface area contributed by atoms with Crippen molar-refractivity contribution in [3.63, 3.8) is 0 Å². The molecule has 0 fully saturated rings. The predicted octanol–water partition coefficient (Wildman–Crippen LogP) is 1.84. The summed E-state index contributed by atoms with van der Waals surface area (Å²) in [6, 6.07) is 5.01. The highest BCUT2D eigenvalue weighted by Gasteiger charge is 2.18. The maximum absolute atomic E-state index is 10.8. The number of carboxylic acid groups (broad SMARTS) is 1. The lowest BCUT2D eigenvalue weighted by molar-refractivity contribution is -0.137. The number of fused-ring (bicyclic) bond motifs is 1. The SMILES string of the molecule is CC(c1nc2cc(O)ccc2n1CCC(=O)O)N(C)C. The standard InChI is InChI=1S/C14H19N3O3/c1-9(16(2)3)14-15-11-8-10(18)4-5-12(11)17(14)7-6-13(19)20/h4-5,8-9,18H,6-7H2,1-3H3,(H,19,20). The van der Waals surface area contributed by atoms with Crippen molar-refractivity contribution in [1.82, 2.24) is 14.5 Å². The van der Waals surface area contributed by atoms with E-state index in [4.69, 9.17) is 5.11 Å². The molecule has 6 nitrogen and oxygen atoms in total. The smallest absolute Gasteiger partial charge is 0.305 e. The molecule has 0 saturated carbocycles. The molecule has 0 saturated heterocycles. The zero-order valence-electron chi connectivity index (χ0n) is 11.9. The summed E-state index contributed by atoms with van der Waals surface area (Å²) in [5.74, 6) is 0.121. The van der Waals surface area contributed by atoms with Crippen molar-refractivity contribution in [2.75, 3.05) is 14.1 Å². The van der Waals surface area contributed by atoms with Gasteiger partial charge in [-0.2, -0.15) is 0 Å². The predicted molar refractivity (Wildman–Crippen MR) is 75.8 cm³/mol. The third-order valence-corrected chi connectivity index (χ3v) is 3.46. The largest absolute Gasteiger partial charge is 0.508 e. The van der Waals surface area contributed by atoms with Gasteiger partial charge in [-0.3, -0.25) is 9.69 Å². The lowest BCUT2D eigenvalue weighted by atomic mass is 10.2. The Balaban J connectivity index is 2.53. The zero-order valence-corrected chi connectivity index (χ0v) is 11.9. The maximum atomic E-state index is 10.8. The molecule has 0 radical (unpaired) electrons. The fraction of sp³-hybridized carbons (Fsp3) is 0.429. The van der Waals surface area contributed by atoms with Gasteiger partial charge in [0, 0.05) is 12.6 Å². The van der Waals surface area contributed by atoms with Crippen LogP contribution in [-0.2, 0) is 11.3 Å². The van der Waals surface area contributed by atoms with Gasteiger partial charge in [0.1, 0.15) is 11.6 Å². The number of carbonyl (C=O) groups is 1. The van der Waals surface area contributed by atoms with Crippen molar-refractivity contribution >= 4 is 17.0 Å². The number of aryl methyl sites for hydroxylation is 1. The first kappa shape index (κ1) is 14.3. The van der Waals surface area contributed by atoms with Gasteiger partial charge < -0.3 is 14.8 Å². The molecule has 1 atom stereocenters. The van der Waals surface area contributed by atoms with Gasteiger partial charge >= 0.3 is 5.97 Å². The van der Waals surface area contributed by atoms with Gasteiger partial charge in [0.25, 0.3) is 0 Å². The van der Waals surface area contributed by atoms with E-state index in [1.807, 2.05) is 30.5 Å². The minimum absolute atomic E-state index is 0.0412.